The van der Waals surface area contributed by atoms with Crippen molar-refractivity contribution in [3.63, 3.8) is 0 Å². The monoisotopic (exact) mass is 310 g/mol. The Morgan fingerprint density at radius 3 is 2.96 bits per heavy atom. The first kappa shape index (κ1) is 13.6. The number of nitrogens with one attached hydrogen (secondary N) is 1. The van der Waals surface area contributed by atoms with Crippen LogP contribution in [0.1, 0.15) is 32.9 Å². The summed E-state index contributed by atoms with van der Waals surface area (Å²) in [7, 11) is 0. The van der Waals surface area contributed by atoms with Gasteiger partial charge in [-0.05, 0) is 41.5 Å². The van der Waals surface area contributed by atoms with Gasteiger partial charge in [-0.15, -0.1) is 5.10 Å². The van der Waals surface area contributed by atoms with Crippen LogP contribution in [0.2, 0.25) is 0 Å². The molecular formula is C14H14N8O. The zero-order valence-electron chi connectivity index (χ0n) is 12.7. The lowest BCUT2D eigenvalue weighted by Gasteiger charge is -2.14. The normalized spacial score (nSPS) is 13.4. The van der Waals surface area contributed by atoms with Crippen molar-refractivity contribution < 1.29 is 4.79 Å². The van der Waals surface area contributed by atoms with Crippen molar-refractivity contribution in [1.29, 1.82) is 0 Å². The Morgan fingerprint density at radius 2 is 2.17 bits per heavy atom. The van der Waals surface area contributed by atoms with Crippen LogP contribution in [0.4, 0.5) is 0 Å². The Bertz CT molecular complexity index is 882. The first-order chi connectivity index (χ1) is 11.1. The summed E-state index contributed by atoms with van der Waals surface area (Å²) in [5.74, 6) is 0.330. The molecular weight excluding hydrogens is 296 g/mol. The molecule has 0 unspecified atom stereocenters. The molecule has 1 aliphatic heterocycles. The second kappa shape index (κ2) is 4.97. The van der Waals surface area contributed by atoms with Gasteiger partial charge in [-0.3, -0.25) is 14.9 Å². The smallest absolute Gasteiger partial charge is 0.259 e. The van der Waals surface area contributed by atoms with Crippen molar-refractivity contribution in [2.24, 2.45) is 0 Å². The SMILES string of the molecule is Cc1cc(C)c2c(n1)CN(C(=O)c1cn[nH]c1-n1cnnn1)C2. The Kier molecular flexibility index (Phi) is 2.93. The molecule has 116 valence electrons. The second-order valence-corrected chi connectivity index (χ2v) is 5.55. The van der Waals surface area contributed by atoms with E-state index in [0.717, 1.165) is 22.5 Å². The van der Waals surface area contributed by atoms with Crippen LogP contribution in [-0.2, 0) is 13.1 Å². The minimum absolute atomic E-state index is 0.126. The quantitative estimate of drug-likeness (QED) is 0.741. The first-order valence-electron chi connectivity index (χ1n) is 7.15. The predicted octanol–water partition coefficient (Wildman–Crippen LogP) is 0.553. The Morgan fingerprint density at radius 1 is 1.30 bits per heavy atom. The molecule has 0 saturated carbocycles. The number of carbonyl (C=O) groups excluding carboxylic acids is 1. The number of aromatic amines is 1. The van der Waals surface area contributed by atoms with Gasteiger partial charge in [-0.2, -0.15) is 9.78 Å². The number of aromatic nitrogens is 7. The second-order valence-electron chi connectivity index (χ2n) is 5.55. The minimum atomic E-state index is -0.126. The summed E-state index contributed by atoms with van der Waals surface area (Å²) in [4.78, 5) is 19.1. The van der Waals surface area contributed by atoms with Gasteiger partial charge in [-0.25, -0.2) is 0 Å². The van der Waals surface area contributed by atoms with Crippen molar-refractivity contribution in [2.75, 3.05) is 0 Å². The molecule has 0 spiro atoms. The van der Waals surface area contributed by atoms with Gasteiger partial charge < -0.3 is 4.90 Å². The number of hydrogen-bond donors (Lipinski definition) is 1. The van der Waals surface area contributed by atoms with Gasteiger partial charge in [0.1, 0.15) is 11.9 Å². The number of tetrazole rings is 1. The maximum absolute atomic E-state index is 12.8. The number of rotatable bonds is 2. The van der Waals surface area contributed by atoms with Gasteiger partial charge in [0, 0.05) is 12.2 Å². The van der Waals surface area contributed by atoms with Crippen molar-refractivity contribution in [3.8, 4) is 5.82 Å². The fraction of sp³-hybridized carbons (Fsp3) is 0.286. The molecule has 0 aliphatic carbocycles. The van der Waals surface area contributed by atoms with E-state index < -0.39 is 0 Å². The zero-order valence-corrected chi connectivity index (χ0v) is 12.7. The highest BCUT2D eigenvalue weighted by atomic mass is 16.2. The predicted molar refractivity (Wildman–Crippen MR) is 78.6 cm³/mol. The molecule has 0 atom stereocenters. The van der Waals surface area contributed by atoms with Gasteiger partial charge >= 0.3 is 0 Å². The summed E-state index contributed by atoms with van der Waals surface area (Å²) in [5.41, 5.74) is 4.64. The van der Waals surface area contributed by atoms with Gasteiger partial charge in [0.15, 0.2) is 5.82 Å². The number of H-pyrrole nitrogens is 1. The maximum Gasteiger partial charge on any atom is 0.259 e. The van der Waals surface area contributed by atoms with Gasteiger partial charge in [0.25, 0.3) is 5.91 Å². The molecule has 1 aliphatic rings. The van der Waals surface area contributed by atoms with Crippen molar-refractivity contribution >= 4 is 5.91 Å². The highest BCUT2D eigenvalue weighted by Gasteiger charge is 2.29. The van der Waals surface area contributed by atoms with Crippen molar-refractivity contribution in [1.82, 2.24) is 40.3 Å². The van der Waals surface area contributed by atoms with Crippen LogP contribution in [0, 0.1) is 13.8 Å². The van der Waals surface area contributed by atoms with Crippen LogP contribution in [0.15, 0.2) is 18.6 Å². The van der Waals surface area contributed by atoms with E-state index in [2.05, 4.69) is 30.7 Å². The Balaban J connectivity index is 1.65. The highest BCUT2D eigenvalue weighted by molar-refractivity contribution is 5.97. The molecule has 3 aromatic heterocycles. The molecule has 1 N–H and O–H groups in total. The molecule has 0 aromatic carbocycles. The van der Waals surface area contributed by atoms with E-state index in [1.807, 2.05) is 19.9 Å². The molecule has 1 amide bonds. The van der Waals surface area contributed by atoms with Gasteiger partial charge in [0.2, 0.25) is 0 Å². The Labute approximate surface area is 131 Å². The van der Waals surface area contributed by atoms with Crippen LogP contribution < -0.4 is 0 Å². The number of aryl methyl sites for hydroxylation is 2. The molecule has 0 saturated heterocycles. The number of nitrogens with zero attached hydrogens (tertiary/aromatic N) is 7. The average molecular weight is 310 g/mol. The van der Waals surface area contributed by atoms with E-state index in [4.69, 9.17) is 0 Å². The molecule has 4 rings (SSSR count). The van der Waals surface area contributed by atoms with Crippen LogP contribution >= 0.6 is 0 Å². The molecule has 9 nitrogen and oxygen atoms in total. The van der Waals surface area contributed by atoms with E-state index in [1.165, 1.54) is 17.2 Å². The molecule has 4 heterocycles. The summed E-state index contributed by atoms with van der Waals surface area (Å²) >= 11 is 0. The van der Waals surface area contributed by atoms with Crippen LogP contribution in [0.3, 0.4) is 0 Å². The van der Waals surface area contributed by atoms with E-state index in [0.29, 0.717) is 24.5 Å². The number of fused-ring (bicyclic) bond motifs is 1. The highest BCUT2D eigenvalue weighted by Crippen LogP contribution is 2.27. The van der Waals surface area contributed by atoms with E-state index >= 15 is 0 Å². The van der Waals surface area contributed by atoms with Crippen LogP contribution in [0.25, 0.3) is 5.82 Å². The summed E-state index contributed by atoms with van der Waals surface area (Å²) in [5, 5.41) is 17.7. The fourth-order valence-electron chi connectivity index (χ4n) is 2.90. The van der Waals surface area contributed by atoms with E-state index in [9.17, 15) is 4.79 Å². The summed E-state index contributed by atoms with van der Waals surface area (Å²) in [6.07, 6.45) is 2.91. The molecule has 0 radical (unpaired) electrons. The third-order valence-electron chi connectivity index (χ3n) is 3.97. The Hall–Kier alpha value is -3.10. The van der Waals surface area contributed by atoms with Crippen molar-refractivity contribution in [2.45, 2.75) is 26.9 Å². The fourth-order valence-corrected chi connectivity index (χ4v) is 2.90. The third-order valence-corrected chi connectivity index (χ3v) is 3.97. The largest absolute Gasteiger partial charge is 0.328 e. The van der Waals surface area contributed by atoms with Gasteiger partial charge in [-0.1, -0.05) is 0 Å². The van der Waals surface area contributed by atoms with E-state index in [1.54, 1.807) is 4.90 Å². The van der Waals surface area contributed by atoms with Crippen molar-refractivity contribution in [3.05, 3.63) is 46.7 Å². The van der Waals surface area contributed by atoms with E-state index in [-0.39, 0.29) is 5.91 Å². The number of carbonyl (C=O) groups is 1. The summed E-state index contributed by atoms with van der Waals surface area (Å²) < 4.78 is 1.39. The lowest BCUT2D eigenvalue weighted by atomic mass is 10.1. The number of amides is 1. The minimum Gasteiger partial charge on any atom is -0.328 e. The molecule has 3 aromatic rings. The standard InChI is InChI=1S/C14H14N8O/c1-8-3-9(2)17-12-6-21(5-11(8)12)14(23)10-4-15-18-13(10)22-7-16-19-20-22/h3-4,7H,5-6H2,1-2H3,(H,15,18). The summed E-state index contributed by atoms with van der Waals surface area (Å²) in [6.45, 7) is 5.06. The lowest BCUT2D eigenvalue weighted by Crippen LogP contribution is -2.26. The molecule has 23 heavy (non-hydrogen) atoms. The molecule has 0 bridgehead atoms. The lowest BCUT2D eigenvalue weighted by molar-refractivity contribution is 0.0750. The van der Waals surface area contributed by atoms with Crippen LogP contribution in [0.5, 0.6) is 0 Å². The molecule has 0 fully saturated rings. The van der Waals surface area contributed by atoms with Gasteiger partial charge in [0.05, 0.1) is 18.4 Å². The first-order valence-corrected chi connectivity index (χ1v) is 7.15. The number of pyridine rings is 1. The van der Waals surface area contributed by atoms with Crippen LogP contribution in [-0.4, -0.2) is 46.2 Å². The topological polar surface area (TPSA) is 105 Å². The molecule has 9 heteroatoms. The number of hydrogen-bond acceptors (Lipinski definition) is 6. The zero-order chi connectivity index (χ0) is 16.0. The average Bonchev–Trinajstić information content (AvgIpc) is 3.25. The third kappa shape index (κ3) is 2.17. The maximum atomic E-state index is 12.8. The summed E-state index contributed by atoms with van der Waals surface area (Å²) in [6, 6.07) is 2.04.